The second kappa shape index (κ2) is 10.2. The first-order chi connectivity index (χ1) is 14.5. The number of carbonyl (C=O) groups is 1. The molecular weight excluding hydrogens is 380 g/mol. The lowest BCUT2D eigenvalue weighted by Gasteiger charge is -2.27. The van der Waals surface area contributed by atoms with Gasteiger partial charge in [-0.1, -0.05) is 56.3 Å². The Bertz CT molecular complexity index is 872. The van der Waals surface area contributed by atoms with Gasteiger partial charge in [0.25, 0.3) is 0 Å². The summed E-state index contributed by atoms with van der Waals surface area (Å²) in [7, 11) is 3.99. The summed E-state index contributed by atoms with van der Waals surface area (Å²) < 4.78 is 7.27. The van der Waals surface area contributed by atoms with Crippen molar-refractivity contribution >= 4 is 17.6 Å². The molecule has 1 aromatic heterocycles. The SMILES string of the molecule is CCCCCCCCOC(=O)C1=C(C)Nc2nnnn2C1c1ccc(N(C)C)cc1. The van der Waals surface area contributed by atoms with Crippen LogP contribution in [-0.2, 0) is 9.53 Å². The van der Waals surface area contributed by atoms with Gasteiger partial charge in [0.05, 0.1) is 12.2 Å². The Morgan fingerprint density at radius 3 is 2.53 bits per heavy atom. The highest BCUT2D eigenvalue weighted by molar-refractivity contribution is 5.92. The van der Waals surface area contributed by atoms with Crippen LogP contribution in [0.4, 0.5) is 11.6 Å². The Labute approximate surface area is 178 Å². The van der Waals surface area contributed by atoms with Crippen LogP contribution in [0.2, 0.25) is 0 Å². The quantitative estimate of drug-likeness (QED) is 0.467. The number of rotatable bonds is 10. The van der Waals surface area contributed by atoms with E-state index in [0.29, 0.717) is 23.8 Å². The molecule has 2 heterocycles. The lowest BCUT2D eigenvalue weighted by molar-refractivity contribution is -0.139. The number of nitrogens with zero attached hydrogens (tertiary/aromatic N) is 5. The monoisotopic (exact) mass is 412 g/mol. The molecule has 1 aliphatic rings. The largest absolute Gasteiger partial charge is 0.462 e. The molecule has 1 unspecified atom stereocenters. The fourth-order valence-corrected chi connectivity index (χ4v) is 3.66. The maximum absolute atomic E-state index is 13.0. The van der Waals surface area contributed by atoms with Crippen molar-refractivity contribution in [2.24, 2.45) is 0 Å². The molecule has 1 aromatic carbocycles. The normalized spacial score (nSPS) is 15.5. The average Bonchev–Trinajstić information content (AvgIpc) is 3.20. The third-order valence-corrected chi connectivity index (χ3v) is 5.39. The molecule has 8 nitrogen and oxygen atoms in total. The number of benzene rings is 1. The Balaban J connectivity index is 1.74. The fraction of sp³-hybridized carbons (Fsp3) is 0.545. The van der Waals surface area contributed by atoms with Crippen LogP contribution in [0, 0.1) is 0 Å². The standard InChI is InChI=1S/C22H32N6O2/c1-5-6-7-8-9-10-15-30-21(29)19-16(2)23-22-24-25-26-28(22)20(19)17-11-13-18(14-12-17)27(3)4/h11-14,20H,5-10,15H2,1-4H3,(H,23,24,26). The predicted octanol–water partition coefficient (Wildman–Crippen LogP) is 3.93. The predicted molar refractivity (Wildman–Crippen MR) is 117 cm³/mol. The van der Waals surface area contributed by atoms with Crippen LogP contribution in [0.5, 0.6) is 0 Å². The topological polar surface area (TPSA) is 85.2 Å². The maximum atomic E-state index is 13.0. The summed E-state index contributed by atoms with van der Waals surface area (Å²) in [5.74, 6) is 0.193. The molecule has 0 saturated heterocycles. The molecule has 2 aromatic rings. The minimum atomic E-state index is -0.426. The highest BCUT2D eigenvalue weighted by atomic mass is 16.5. The molecule has 0 radical (unpaired) electrons. The Kier molecular flexibility index (Phi) is 7.43. The molecule has 1 N–H and O–H groups in total. The maximum Gasteiger partial charge on any atom is 0.338 e. The minimum Gasteiger partial charge on any atom is -0.462 e. The van der Waals surface area contributed by atoms with Crippen LogP contribution in [-0.4, -0.2) is 46.9 Å². The smallest absolute Gasteiger partial charge is 0.338 e. The van der Waals surface area contributed by atoms with E-state index in [0.717, 1.165) is 24.1 Å². The molecule has 0 aliphatic carbocycles. The molecular formula is C22H32N6O2. The van der Waals surface area contributed by atoms with Crippen molar-refractivity contribution in [3.05, 3.63) is 41.1 Å². The molecule has 0 saturated carbocycles. The highest BCUT2D eigenvalue weighted by Crippen LogP contribution is 2.35. The zero-order chi connectivity index (χ0) is 21.5. The second-order valence-electron chi connectivity index (χ2n) is 7.90. The number of esters is 1. The molecule has 3 rings (SSSR count). The number of allylic oxidation sites excluding steroid dienone is 1. The molecule has 8 heteroatoms. The Morgan fingerprint density at radius 2 is 1.83 bits per heavy atom. The Morgan fingerprint density at radius 1 is 1.13 bits per heavy atom. The first kappa shape index (κ1) is 21.8. The van der Waals surface area contributed by atoms with Gasteiger partial charge in [0.2, 0.25) is 5.95 Å². The first-order valence-corrected chi connectivity index (χ1v) is 10.7. The van der Waals surface area contributed by atoms with Crippen molar-refractivity contribution in [1.29, 1.82) is 0 Å². The van der Waals surface area contributed by atoms with Crippen molar-refractivity contribution in [2.75, 3.05) is 30.9 Å². The summed E-state index contributed by atoms with van der Waals surface area (Å²) in [6, 6.07) is 7.63. The number of tetrazole rings is 1. The molecule has 30 heavy (non-hydrogen) atoms. The minimum absolute atomic E-state index is 0.323. The fourth-order valence-electron chi connectivity index (χ4n) is 3.66. The summed E-state index contributed by atoms with van der Waals surface area (Å²) in [6.07, 6.45) is 6.88. The number of aromatic nitrogens is 4. The van der Waals surface area contributed by atoms with Crippen molar-refractivity contribution in [3.8, 4) is 0 Å². The van der Waals surface area contributed by atoms with Crippen molar-refractivity contribution in [2.45, 2.75) is 58.4 Å². The molecule has 1 aliphatic heterocycles. The molecule has 0 bridgehead atoms. The van der Waals surface area contributed by atoms with E-state index < -0.39 is 6.04 Å². The zero-order valence-corrected chi connectivity index (χ0v) is 18.4. The van der Waals surface area contributed by atoms with Crippen LogP contribution >= 0.6 is 0 Å². The van der Waals surface area contributed by atoms with Crippen molar-refractivity contribution in [1.82, 2.24) is 20.2 Å². The second-order valence-corrected chi connectivity index (χ2v) is 7.90. The van der Waals surface area contributed by atoms with Crippen LogP contribution < -0.4 is 10.2 Å². The Hall–Kier alpha value is -2.90. The number of hydrogen-bond donors (Lipinski definition) is 1. The van der Waals surface area contributed by atoms with Crippen molar-refractivity contribution < 1.29 is 9.53 Å². The third kappa shape index (κ3) is 4.98. The van der Waals surface area contributed by atoms with Gasteiger partial charge < -0.3 is 15.0 Å². The lowest BCUT2D eigenvalue weighted by atomic mass is 9.95. The molecule has 162 valence electrons. The summed E-state index contributed by atoms with van der Waals surface area (Å²) in [5.41, 5.74) is 3.27. The van der Waals surface area contributed by atoms with E-state index in [1.807, 2.05) is 50.2 Å². The van der Waals surface area contributed by atoms with Gasteiger partial charge in [0, 0.05) is 25.5 Å². The van der Waals surface area contributed by atoms with Crippen LogP contribution in [0.15, 0.2) is 35.5 Å². The number of anilines is 2. The molecule has 1 atom stereocenters. The van der Waals surface area contributed by atoms with Gasteiger partial charge in [-0.05, 0) is 41.5 Å². The van der Waals surface area contributed by atoms with Crippen LogP contribution in [0.25, 0.3) is 0 Å². The number of carbonyl (C=O) groups excluding carboxylic acids is 1. The summed E-state index contributed by atoms with van der Waals surface area (Å²) >= 11 is 0. The van der Waals surface area contributed by atoms with E-state index in [-0.39, 0.29) is 5.97 Å². The van der Waals surface area contributed by atoms with E-state index >= 15 is 0 Å². The van der Waals surface area contributed by atoms with E-state index in [4.69, 9.17) is 4.74 Å². The van der Waals surface area contributed by atoms with Gasteiger partial charge >= 0.3 is 5.97 Å². The molecule has 0 spiro atoms. The van der Waals surface area contributed by atoms with E-state index in [1.165, 1.54) is 25.7 Å². The number of nitrogens with one attached hydrogen (secondary N) is 1. The number of hydrogen-bond acceptors (Lipinski definition) is 7. The van der Waals surface area contributed by atoms with Gasteiger partial charge in [0.1, 0.15) is 6.04 Å². The van der Waals surface area contributed by atoms with E-state index in [1.54, 1.807) is 4.68 Å². The van der Waals surface area contributed by atoms with E-state index in [9.17, 15) is 4.79 Å². The third-order valence-electron chi connectivity index (χ3n) is 5.39. The molecule has 0 amide bonds. The van der Waals surface area contributed by atoms with Crippen LogP contribution in [0.3, 0.4) is 0 Å². The summed E-state index contributed by atoms with van der Waals surface area (Å²) in [6.45, 7) is 4.49. The van der Waals surface area contributed by atoms with Gasteiger partial charge in [-0.25, -0.2) is 4.79 Å². The number of unbranched alkanes of at least 4 members (excludes halogenated alkanes) is 5. The van der Waals surface area contributed by atoms with Gasteiger partial charge in [-0.15, -0.1) is 0 Å². The average molecular weight is 413 g/mol. The summed E-state index contributed by atoms with van der Waals surface area (Å²) in [5, 5.41) is 15.0. The summed E-state index contributed by atoms with van der Waals surface area (Å²) in [4.78, 5) is 15.1. The van der Waals surface area contributed by atoms with Crippen LogP contribution in [0.1, 0.15) is 64.0 Å². The molecule has 0 fully saturated rings. The van der Waals surface area contributed by atoms with E-state index in [2.05, 4.69) is 27.8 Å². The van der Waals surface area contributed by atoms with Gasteiger partial charge in [-0.2, -0.15) is 4.68 Å². The highest BCUT2D eigenvalue weighted by Gasteiger charge is 2.34. The lowest BCUT2D eigenvalue weighted by Crippen LogP contribution is -2.30. The van der Waals surface area contributed by atoms with Gasteiger partial charge in [0.15, 0.2) is 0 Å². The van der Waals surface area contributed by atoms with Gasteiger partial charge in [-0.3, -0.25) is 0 Å². The number of fused-ring (bicyclic) bond motifs is 1. The zero-order valence-electron chi connectivity index (χ0n) is 18.4. The number of ether oxygens (including phenoxy) is 1. The first-order valence-electron chi connectivity index (χ1n) is 10.7. The van der Waals surface area contributed by atoms with Crippen molar-refractivity contribution in [3.63, 3.8) is 0 Å².